The predicted molar refractivity (Wildman–Crippen MR) is 120 cm³/mol. The van der Waals surface area contributed by atoms with Crippen molar-refractivity contribution in [3.05, 3.63) is 82.8 Å². The number of halogens is 1. The third-order valence-electron chi connectivity index (χ3n) is 5.86. The molecule has 7 heteroatoms. The highest BCUT2D eigenvalue weighted by molar-refractivity contribution is 6.30. The van der Waals surface area contributed by atoms with Gasteiger partial charge in [-0.1, -0.05) is 23.7 Å². The molecule has 1 aromatic carbocycles. The first kappa shape index (κ1) is 19.6. The summed E-state index contributed by atoms with van der Waals surface area (Å²) in [6.07, 6.45) is 4.22. The van der Waals surface area contributed by atoms with Crippen LogP contribution in [0.5, 0.6) is 5.88 Å². The number of nitrogens with zero attached hydrogens (tertiary/aromatic N) is 4. The Bertz CT molecular complexity index is 1300. The van der Waals surface area contributed by atoms with Gasteiger partial charge in [0.2, 0.25) is 5.88 Å². The van der Waals surface area contributed by atoms with E-state index in [1.165, 1.54) is 5.56 Å². The number of methoxy groups -OCH3 is 1. The summed E-state index contributed by atoms with van der Waals surface area (Å²) in [5.74, 6) is 0.504. The number of hydrogen-bond donors (Lipinski definition) is 0. The molecule has 0 aliphatic carbocycles. The number of carbonyl (C=O) groups excluding carboxylic acids is 1. The maximum Gasteiger partial charge on any atom is 0.274 e. The van der Waals surface area contributed by atoms with Crippen molar-refractivity contribution >= 4 is 23.0 Å². The molecule has 0 fully saturated rings. The van der Waals surface area contributed by atoms with Crippen molar-refractivity contribution < 1.29 is 9.53 Å². The summed E-state index contributed by atoms with van der Waals surface area (Å²) in [5.41, 5.74) is 5.60. The van der Waals surface area contributed by atoms with Gasteiger partial charge in [-0.3, -0.25) is 4.79 Å². The molecule has 0 saturated heterocycles. The van der Waals surface area contributed by atoms with Crippen molar-refractivity contribution in [3.63, 3.8) is 0 Å². The molecule has 1 aliphatic heterocycles. The minimum atomic E-state index is -0.0812. The largest absolute Gasteiger partial charge is 0.481 e. The van der Waals surface area contributed by atoms with Crippen molar-refractivity contribution in [2.24, 2.45) is 0 Å². The molecule has 1 amide bonds. The minimum absolute atomic E-state index is 0.0766. The summed E-state index contributed by atoms with van der Waals surface area (Å²) in [7, 11) is 1.62. The van der Waals surface area contributed by atoms with E-state index < -0.39 is 0 Å². The topological polar surface area (TPSA) is 59.7 Å². The van der Waals surface area contributed by atoms with Crippen LogP contribution in [0.1, 0.15) is 34.6 Å². The molecule has 0 N–H and O–H groups in total. The van der Waals surface area contributed by atoms with E-state index in [2.05, 4.69) is 35.2 Å². The van der Waals surface area contributed by atoms with Gasteiger partial charge in [-0.2, -0.15) is 5.10 Å². The number of hydrogen-bond acceptors (Lipinski definition) is 4. The second kappa shape index (κ2) is 7.71. The Labute approximate surface area is 185 Å². The zero-order valence-electron chi connectivity index (χ0n) is 17.2. The predicted octanol–water partition coefficient (Wildman–Crippen LogP) is 4.82. The SMILES string of the molecule is COc1ncccc1-c1ccc2c(c1)C(C)N(C(=O)c1cc3ccc(Cl)cn3n1)CC2. The Hall–Kier alpha value is -3.38. The molecule has 5 rings (SSSR count). The summed E-state index contributed by atoms with van der Waals surface area (Å²) in [4.78, 5) is 19.5. The average molecular weight is 433 g/mol. The lowest BCUT2D eigenvalue weighted by Gasteiger charge is -2.35. The Morgan fingerprint density at radius 1 is 1.19 bits per heavy atom. The summed E-state index contributed by atoms with van der Waals surface area (Å²) in [6.45, 7) is 2.71. The number of benzene rings is 1. The standard InChI is InChI=1S/C24H21ClN4O2/c1-15-21-12-17(20-4-3-10-26-23(20)31-2)6-5-16(21)9-11-28(15)24(30)22-13-19-8-7-18(25)14-29(19)27-22/h3-8,10,12-15H,9,11H2,1-2H3. The number of pyridine rings is 2. The first-order valence-corrected chi connectivity index (χ1v) is 10.5. The highest BCUT2D eigenvalue weighted by Gasteiger charge is 2.30. The second-order valence-electron chi connectivity index (χ2n) is 7.64. The van der Waals surface area contributed by atoms with Crippen LogP contribution >= 0.6 is 11.6 Å². The smallest absolute Gasteiger partial charge is 0.274 e. The quantitative estimate of drug-likeness (QED) is 0.465. The van der Waals surface area contributed by atoms with Gasteiger partial charge in [0.15, 0.2) is 5.69 Å². The van der Waals surface area contributed by atoms with Crippen molar-refractivity contribution in [1.29, 1.82) is 0 Å². The summed E-state index contributed by atoms with van der Waals surface area (Å²) in [6, 6.07) is 15.6. The van der Waals surface area contributed by atoms with E-state index in [9.17, 15) is 4.79 Å². The molecule has 0 bridgehead atoms. The van der Waals surface area contributed by atoms with E-state index in [4.69, 9.17) is 16.3 Å². The van der Waals surface area contributed by atoms with Crippen LogP contribution in [0.25, 0.3) is 16.6 Å². The molecule has 0 saturated carbocycles. The maximum atomic E-state index is 13.3. The van der Waals surface area contributed by atoms with E-state index in [0.717, 1.165) is 28.6 Å². The molecule has 1 unspecified atom stereocenters. The van der Waals surface area contributed by atoms with Crippen LogP contribution < -0.4 is 4.74 Å². The molecule has 31 heavy (non-hydrogen) atoms. The summed E-state index contributed by atoms with van der Waals surface area (Å²) >= 11 is 6.05. The van der Waals surface area contributed by atoms with Crippen molar-refractivity contribution in [1.82, 2.24) is 19.5 Å². The van der Waals surface area contributed by atoms with Gasteiger partial charge in [0.25, 0.3) is 5.91 Å². The van der Waals surface area contributed by atoms with Gasteiger partial charge < -0.3 is 9.64 Å². The fourth-order valence-electron chi connectivity index (χ4n) is 4.25. The van der Waals surface area contributed by atoms with Gasteiger partial charge in [0.05, 0.1) is 23.7 Å². The van der Waals surface area contributed by atoms with Gasteiger partial charge in [0.1, 0.15) is 0 Å². The highest BCUT2D eigenvalue weighted by Crippen LogP contribution is 2.35. The third-order valence-corrected chi connectivity index (χ3v) is 6.09. The Balaban J connectivity index is 1.49. The zero-order valence-corrected chi connectivity index (χ0v) is 18.0. The number of ether oxygens (including phenoxy) is 1. The number of carbonyl (C=O) groups is 1. The molecule has 0 radical (unpaired) electrons. The lowest BCUT2D eigenvalue weighted by Crippen LogP contribution is -2.39. The lowest BCUT2D eigenvalue weighted by molar-refractivity contribution is 0.0671. The molecule has 4 aromatic rings. The van der Waals surface area contributed by atoms with Crippen molar-refractivity contribution in [3.8, 4) is 17.0 Å². The van der Waals surface area contributed by atoms with Gasteiger partial charge >= 0.3 is 0 Å². The Kier molecular flexibility index (Phi) is 4.87. The molecular weight excluding hydrogens is 412 g/mol. The monoisotopic (exact) mass is 432 g/mol. The maximum absolute atomic E-state index is 13.3. The van der Waals surface area contributed by atoms with E-state index in [0.29, 0.717) is 23.1 Å². The first-order chi connectivity index (χ1) is 15.0. The van der Waals surface area contributed by atoms with E-state index in [1.807, 2.05) is 23.1 Å². The van der Waals surface area contributed by atoms with Crippen LogP contribution in [0.15, 0.2) is 60.9 Å². The van der Waals surface area contributed by atoms with Crippen LogP contribution in [0.2, 0.25) is 5.02 Å². The molecule has 156 valence electrons. The fourth-order valence-corrected chi connectivity index (χ4v) is 4.40. The van der Waals surface area contributed by atoms with Gasteiger partial charge in [-0.15, -0.1) is 0 Å². The molecule has 1 atom stereocenters. The van der Waals surface area contributed by atoms with E-state index in [-0.39, 0.29) is 11.9 Å². The van der Waals surface area contributed by atoms with Gasteiger partial charge in [0, 0.05) is 24.5 Å². The van der Waals surface area contributed by atoms with E-state index in [1.54, 1.807) is 36.2 Å². The van der Waals surface area contributed by atoms with Crippen molar-refractivity contribution in [2.45, 2.75) is 19.4 Å². The molecule has 1 aliphatic rings. The Morgan fingerprint density at radius 2 is 2.06 bits per heavy atom. The molecule has 0 spiro atoms. The molecule has 6 nitrogen and oxygen atoms in total. The number of rotatable bonds is 3. The van der Waals surface area contributed by atoms with Crippen LogP contribution in [-0.4, -0.2) is 39.1 Å². The summed E-state index contributed by atoms with van der Waals surface area (Å²) < 4.78 is 7.07. The molecular formula is C24H21ClN4O2. The first-order valence-electron chi connectivity index (χ1n) is 10.1. The van der Waals surface area contributed by atoms with Crippen molar-refractivity contribution in [2.75, 3.05) is 13.7 Å². The highest BCUT2D eigenvalue weighted by atomic mass is 35.5. The second-order valence-corrected chi connectivity index (χ2v) is 8.08. The van der Waals surface area contributed by atoms with Crippen LogP contribution in [0.4, 0.5) is 0 Å². The Morgan fingerprint density at radius 3 is 2.90 bits per heavy atom. The lowest BCUT2D eigenvalue weighted by atomic mass is 9.90. The normalized spacial score (nSPS) is 15.7. The molecule has 3 aromatic heterocycles. The van der Waals surface area contributed by atoms with Gasteiger partial charge in [-0.05, 0) is 66.4 Å². The average Bonchev–Trinajstić information content (AvgIpc) is 3.22. The van der Waals surface area contributed by atoms with Gasteiger partial charge in [-0.25, -0.2) is 9.50 Å². The van der Waals surface area contributed by atoms with Crippen LogP contribution in [0.3, 0.4) is 0 Å². The molecule has 4 heterocycles. The van der Waals surface area contributed by atoms with E-state index >= 15 is 0 Å². The van der Waals surface area contributed by atoms with Crippen LogP contribution in [0, 0.1) is 0 Å². The third kappa shape index (κ3) is 3.43. The zero-order chi connectivity index (χ0) is 21.5. The summed E-state index contributed by atoms with van der Waals surface area (Å²) in [5, 5.41) is 5.02. The minimum Gasteiger partial charge on any atom is -0.481 e. The number of fused-ring (bicyclic) bond motifs is 2. The van der Waals surface area contributed by atoms with Crippen LogP contribution in [-0.2, 0) is 6.42 Å². The fraction of sp³-hybridized carbons (Fsp3) is 0.208. The number of amides is 1. The number of aromatic nitrogens is 3.